The first-order valence-corrected chi connectivity index (χ1v) is 5.94. The Morgan fingerprint density at radius 3 is 2.33 bits per heavy atom. The van der Waals surface area contributed by atoms with Crippen molar-refractivity contribution < 1.29 is 4.74 Å². The molecule has 0 heterocycles. The first kappa shape index (κ1) is 10.8. The summed E-state index contributed by atoms with van der Waals surface area (Å²) >= 11 is 6.45. The molecule has 82 valence electrons. The standard InChI is InChI=1S/C13H17ClO/c1-9(10-3-4-10)13(14)11-5-7-12(15-2)8-6-11/h5-10,13H,3-4H2,1-2H3. The van der Waals surface area contributed by atoms with Gasteiger partial charge in [-0.15, -0.1) is 11.6 Å². The molecular weight excluding hydrogens is 208 g/mol. The highest BCUT2D eigenvalue weighted by Crippen LogP contribution is 2.45. The molecule has 1 saturated carbocycles. The molecule has 15 heavy (non-hydrogen) atoms. The monoisotopic (exact) mass is 224 g/mol. The zero-order chi connectivity index (χ0) is 10.8. The van der Waals surface area contributed by atoms with Crippen LogP contribution >= 0.6 is 11.6 Å². The highest BCUT2D eigenvalue weighted by molar-refractivity contribution is 6.21. The minimum absolute atomic E-state index is 0.142. The first-order chi connectivity index (χ1) is 7.22. The molecule has 1 nitrogen and oxygen atoms in total. The number of ether oxygens (including phenoxy) is 1. The van der Waals surface area contributed by atoms with Crippen LogP contribution in [0.25, 0.3) is 0 Å². The van der Waals surface area contributed by atoms with Gasteiger partial charge in [-0.3, -0.25) is 0 Å². The van der Waals surface area contributed by atoms with Crippen molar-refractivity contribution >= 4 is 11.6 Å². The van der Waals surface area contributed by atoms with Gasteiger partial charge in [-0.2, -0.15) is 0 Å². The molecular formula is C13H17ClO. The molecule has 0 amide bonds. The van der Waals surface area contributed by atoms with Crippen molar-refractivity contribution in [1.29, 1.82) is 0 Å². The van der Waals surface area contributed by atoms with E-state index in [1.54, 1.807) is 7.11 Å². The summed E-state index contributed by atoms with van der Waals surface area (Å²) in [4.78, 5) is 0. The summed E-state index contributed by atoms with van der Waals surface area (Å²) in [5.74, 6) is 2.32. The molecule has 0 aromatic heterocycles. The largest absolute Gasteiger partial charge is 0.497 e. The molecule has 2 unspecified atom stereocenters. The van der Waals surface area contributed by atoms with Gasteiger partial charge >= 0.3 is 0 Å². The van der Waals surface area contributed by atoms with Crippen LogP contribution < -0.4 is 4.74 Å². The predicted molar refractivity (Wildman–Crippen MR) is 63.5 cm³/mol. The molecule has 0 spiro atoms. The Labute approximate surface area is 96.4 Å². The lowest BCUT2D eigenvalue weighted by Gasteiger charge is -2.17. The van der Waals surface area contributed by atoms with Gasteiger partial charge in [-0.25, -0.2) is 0 Å². The van der Waals surface area contributed by atoms with Gasteiger partial charge in [-0.05, 0) is 42.4 Å². The number of benzene rings is 1. The van der Waals surface area contributed by atoms with Gasteiger partial charge in [0.15, 0.2) is 0 Å². The molecule has 2 rings (SSSR count). The van der Waals surface area contributed by atoms with Crippen LogP contribution in [0.3, 0.4) is 0 Å². The van der Waals surface area contributed by atoms with Crippen LogP contribution in [0.2, 0.25) is 0 Å². The fraction of sp³-hybridized carbons (Fsp3) is 0.538. The van der Waals surface area contributed by atoms with Crippen LogP contribution in [0.1, 0.15) is 30.7 Å². The number of hydrogen-bond acceptors (Lipinski definition) is 1. The van der Waals surface area contributed by atoms with E-state index in [1.807, 2.05) is 12.1 Å². The molecule has 0 saturated heterocycles. The molecule has 0 N–H and O–H groups in total. The lowest BCUT2D eigenvalue weighted by molar-refractivity contribution is 0.414. The summed E-state index contributed by atoms with van der Waals surface area (Å²) in [5.41, 5.74) is 1.21. The average Bonchev–Trinajstić information content (AvgIpc) is 3.11. The lowest BCUT2D eigenvalue weighted by atomic mass is 9.96. The maximum absolute atomic E-state index is 6.45. The molecule has 2 heteroatoms. The SMILES string of the molecule is COc1ccc(C(Cl)C(C)C2CC2)cc1. The van der Waals surface area contributed by atoms with Crippen LogP contribution in [0.15, 0.2) is 24.3 Å². The van der Waals surface area contributed by atoms with Gasteiger partial charge < -0.3 is 4.74 Å². The lowest BCUT2D eigenvalue weighted by Crippen LogP contribution is -2.05. The van der Waals surface area contributed by atoms with Gasteiger partial charge in [0.1, 0.15) is 5.75 Å². The summed E-state index contributed by atoms with van der Waals surface area (Å²) in [6, 6.07) is 8.08. The number of halogens is 1. The quantitative estimate of drug-likeness (QED) is 0.702. The Kier molecular flexibility index (Phi) is 3.20. The van der Waals surface area contributed by atoms with E-state index in [4.69, 9.17) is 16.3 Å². The van der Waals surface area contributed by atoms with Crippen LogP contribution in [-0.2, 0) is 0 Å². The first-order valence-electron chi connectivity index (χ1n) is 5.50. The summed E-state index contributed by atoms with van der Waals surface area (Å²) in [6.45, 7) is 2.25. The van der Waals surface area contributed by atoms with Crippen molar-refractivity contribution in [2.45, 2.75) is 25.1 Å². The third-order valence-electron chi connectivity index (χ3n) is 3.26. The van der Waals surface area contributed by atoms with Crippen molar-refractivity contribution in [1.82, 2.24) is 0 Å². The maximum Gasteiger partial charge on any atom is 0.118 e. The fourth-order valence-electron chi connectivity index (χ4n) is 1.95. The van der Waals surface area contributed by atoms with E-state index in [-0.39, 0.29) is 5.38 Å². The molecule has 0 aliphatic heterocycles. The molecule has 1 aromatic carbocycles. The summed E-state index contributed by atoms with van der Waals surface area (Å²) in [7, 11) is 1.68. The van der Waals surface area contributed by atoms with Crippen molar-refractivity contribution in [2.24, 2.45) is 11.8 Å². The van der Waals surface area contributed by atoms with Gasteiger partial charge in [0.25, 0.3) is 0 Å². The normalized spacial score (nSPS) is 19.7. The van der Waals surface area contributed by atoms with Crippen LogP contribution in [0.4, 0.5) is 0 Å². The number of hydrogen-bond donors (Lipinski definition) is 0. The third kappa shape index (κ3) is 2.46. The second-order valence-electron chi connectivity index (χ2n) is 4.37. The molecule has 1 aromatic rings. The minimum atomic E-state index is 0.142. The van der Waals surface area contributed by atoms with E-state index in [2.05, 4.69) is 19.1 Å². The number of methoxy groups -OCH3 is 1. The highest BCUT2D eigenvalue weighted by Gasteiger charge is 2.32. The van der Waals surface area contributed by atoms with E-state index in [9.17, 15) is 0 Å². The summed E-state index contributed by atoms with van der Waals surface area (Å²) < 4.78 is 5.13. The Balaban J connectivity index is 2.07. The van der Waals surface area contributed by atoms with Crippen LogP contribution in [0, 0.1) is 11.8 Å². The summed E-state index contributed by atoms with van der Waals surface area (Å²) in [6.07, 6.45) is 2.70. The zero-order valence-corrected chi connectivity index (χ0v) is 10.00. The third-order valence-corrected chi connectivity index (χ3v) is 3.91. The van der Waals surface area contributed by atoms with Crippen molar-refractivity contribution in [3.05, 3.63) is 29.8 Å². The van der Waals surface area contributed by atoms with Crippen molar-refractivity contribution in [3.8, 4) is 5.75 Å². The highest BCUT2D eigenvalue weighted by atomic mass is 35.5. The van der Waals surface area contributed by atoms with Crippen LogP contribution in [0.5, 0.6) is 5.75 Å². The molecule has 1 aliphatic rings. The maximum atomic E-state index is 6.45. The Hall–Kier alpha value is -0.690. The number of rotatable bonds is 4. The molecule has 1 aliphatic carbocycles. The Bertz CT molecular complexity index is 316. The number of alkyl halides is 1. The van der Waals surface area contributed by atoms with Crippen LogP contribution in [-0.4, -0.2) is 7.11 Å². The molecule has 2 atom stereocenters. The second-order valence-corrected chi connectivity index (χ2v) is 4.84. The zero-order valence-electron chi connectivity index (χ0n) is 9.24. The van der Waals surface area contributed by atoms with E-state index in [1.165, 1.54) is 18.4 Å². The molecule has 1 fully saturated rings. The van der Waals surface area contributed by atoms with E-state index >= 15 is 0 Å². The summed E-state index contributed by atoms with van der Waals surface area (Å²) in [5, 5.41) is 0.142. The topological polar surface area (TPSA) is 9.23 Å². The Morgan fingerprint density at radius 1 is 1.27 bits per heavy atom. The fourth-order valence-corrected chi connectivity index (χ4v) is 2.30. The van der Waals surface area contributed by atoms with Gasteiger partial charge in [0.2, 0.25) is 0 Å². The molecule has 0 bridgehead atoms. The average molecular weight is 225 g/mol. The van der Waals surface area contributed by atoms with E-state index in [0.717, 1.165) is 11.7 Å². The van der Waals surface area contributed by atoms with Crippen molar-refractivity contribution in [2.75, 3.05) is 7.11 Å². The Morgan fingerprint density at radius 2 is 1.87 bits per heavy atom. The smallest absolute Gasteiger partial charge is 0.118 e. The molecule has 0 radical (unpaired) electrons. The van der Waals surface area contributed by atoms with Crippen molar-refractivity contribution in [3.63, 3.8) is 0 Å². The van der Waals surface area contributed by atoms with Gasteiger partial charge in [0.05, 0.1) is 12.5 Å². The van der Waals surface area contributed by atoms with Gasteiger partial charge in [0, 0.05) is 0 Å². The second kappa shape index (κ2) is 4.44. The van der Waals surface area contributed by atoms with Gasteiger partial charge in [-0.1, -0.05) is 19.1 Å². The minimum Gasteiger partial charge on any atom is -0.497 e. The van der Waals surface area contributed by atoms with E-state index < -0.39 is 0 Å². The van der Waals surface area contributed by atoms with E-state index in [0.29, 0.717) is 5.92 Å². The predicted octanol–water partition coefficient (Wildman–Crippen LogP) is 4.02.